The van der Waals surface area contributed by atoms with Gasteiger partial charge >= 0.3 is 0 Å². The average molecular weight is 467 g/mol. The Morgan fingerprint density at radius 3 is 2.68 bits per heavy atom. The number of hydrogen-bond acceptors (Lipinski definition) is 7. The fourth-order valence-corrected chi connectivity index (χ4v) is 3.50. The molecule has 3 heterocycles. The Labute approximate surface area is 192 Å². The van der Waals surface area contributed by atoms with E-state index in [0.717, 1.165) is 12.3 Å². The molecule has 4 rings (SSSR count). The minimum atomic E-state index is -1.85. The van der Waals surface area contributed by atoms with Gasteiger partial charge in [0.25, 0.3) is 5.69 Å². The van der Waals surface area contributed by atoms with E-state index in [2.05, 4.69) is 20.2 Å². The van der Waals surface area contributed by atoms with Gasteiger partial charge in [-0.25, -0.2) is 23.4 Å². The summed E-state index contributed by atoms with van der Waals surface area (Å²) in [5.74, 6) is -1.66. The lowest BCUT2D eigenvalue weighted by Gasteiger charge is -2.34. The van der Waals surface area contributed by atoms with Gasteiger partial charge in [0.05, 0.1) is 29.4 Å². The van der Waals surface area contributed by atoms with E-state index in [1.54, 1.807) is 25.3 Å². The number of pyridine rings is 1. The van der Waals surface area contributed by atoms with Crippen molar-refractivity contribution in [2.45, 2.75) is 25.1 Å². The van der Waals surface area contributed by atoms with Crippen LogP contribution in [0.1, 0.15) is 29.8 Å². The summed E-state index contributed by atoms with van der Waals surface area (Å²) < 4.78 is 31.0. The number of nitrogens with zero attached hydrogens (tertiary/aromatic N) is 7. The average Bonchev–Trinajstić information content (AvgIpc) is 3.49. The van der Waals surface area contributed by atoms with E-state index in [4.69, 9.17) is 0 Å². The zero-order valence-corrected chi connectivity index (χ0v) is 17.9. The summed E-state index contributed by atoms with van der Waals surface area (Å²) in [5.41, 5.74) is -0.923. The molecule has 0 aliphatic rings. The van der Waals surface area contributed by atoms with Crippen LogP contribution >= 0.6 is 0 Å². The van der Waals surface area contributed by atoms with Gasteiger partial charge in [0.1, 0.15) is 36.1 Å². The molecule has 3 aromatic heterocycles. The Hall–Kier alpha value is -4.32. The van der Waals surface area contributed by atoms with Crippen LogP contribution in [0.2, 0.25) is 0 Å². The molecule has 0 bridgehead atoms. The predicted molar refractivity (Wildman–Crippen MR) is 117 cm³/mol. The minimum Gasteiger partial charge on any atom is -0.381 e. The summed E-state index contributed by atoms with van der Waals surface area (Å²) in [6, 6.07) is 5.05. The minimum absolute atomic E-state index is 0.112. The Balaban J connectivity index is 1.62. The van der Waals surface area contributed by atoms with Crippen molar-refractivity contribution in [3.05, 3.63) is 100 Å². The Bertz CT molecular complexity index is 1320. The highest BCUT2D eigenvalue weighted by Crippen LogP contribution is 2.36. The third-order valence-corrected chi connectivity index (χ3v) is 5.40. The third-order valence-electron chi connectivity index (χ3n) is 5.40. The summed E-state index contributed by atoms with van der Waals surface area (Å²) in [5, 5.41) is 30.7. The summed E-state index contributed by atoms with van der Waals surface area (Å²) in [7, 11) is 0. The number of hydrogen-bond donors (Lipinski definition) is 1. The number of benzene rings is 1. The van der Waals surface area contributed by atoms with Crippen molar-refractivity contribution in [1.82, 2.24) is 29.5 Å². The molecule has 0 radical (unpaired) electrons. The Morgan fingerprint density at radius 2 is 2.03 bits per heavy atom. The van der Waals surface area contributed by atoms with Crippen molar-refractivity contribution in [2.24, 2.45) is 0 Å². The van der Waals surface area contributed by atoms with Crippen LogP contribution in [-0.4, -0.2) is 39.6 Å². The van der Waals surface area contributed by atoms with Gasteiger partial charge < -0.3 is 5.11 Å². The summed E-state index contributed by atoms with van der Waals surface area (Å²) in [4.78, 5) is 18.1. The molecule has 1 aromatic carbocycles. The van der Waals surface area contributed by atoms with E-state index in [-0.39, 0.29) is 17.8 Å². The zero-order valence-electron chi connectivity index (χ0n) is 17.9. The molecule has 1 N–H and O–H groups in total. The second-order valence-electron chi connectivity index (χ2n) is 7.60. The van der Waals surface area contributed by atoms with Crippen LogP contribution in [-0.2, 0) is 12.1 Å². The summed E-state index contributed by atoms with van der Waals surface area (Å²) >= 11 is 0. The first-order chi connectivity index (χ1) is 16.3. The van der Waals surface area contributed by atoms with Gasteiger partial charge in [-0.3, -0.25) is 14.8 Å². The molecular formula is C22H19F2N7O3. The van der Waals surface area contributed by atoms with Gasteiger partial charge in [-0.15, -0.1) is 0 Å². The van der Waals surface area contributed by atoms with Crippen LogP contribution in [0.3, 0.4) is 0 Å². The molecule has 174 valence electrons. The lowest BCUT2D eigenvalue weighted by atomic mass is 9.86. The van der Waals surface area contributed by atoms with Gasteiger partial charge in [-0.05, 0) is 31.2 Å². The number of aromatic nitrogens is 6. The highest BCUT2D eigenvalue weighted by molar-refractivity contribution is 5.67. The third kappa shape index (κ3) is 4.71. The highest BCUT2D eigenvalue weighted by atomic mass is 19.1. The molecule has 0 aliphatic carbocycles. The monoisotopic (exact) mass is 467 g/mol. The molecule has 0 amide bonds. The molecule has 0 saturated heterocycles. The molecule has 34 heavy (non-hydrogen) atoms. The van der Waals surface area contributed by atoms with E-state index in [9.17, 15) is 24.0 Å². The number of nitro groups is 1. The number of rotatable bonds is 8. The van der Waals surface area contributed by atoms with Crippen molar-refractivity contribution in [3.63, 3.8) is 0 Å². The zero-order chi connectivity index (χ0) is 24.3. The number of aliphatic hydroxyl groups is 1. The number of halogens is 2. The van der Waals surface area contributed by atoms with Crippen molar-refractivity contribution < 1.29 is 18.8 Å². The highest BCUT2D eigenvalue weighted by Gasteiger charge is 2.40. The van der Waals surface area contributed by atoms with Crippen molar-refractivity contribution in [2.75, 3.05) is 0 Å². The topological polar surface area (TPSA) is 125 Å². The largest absolute Gasteiger partial charge is 0.381 e. The normalized spacial score (nSPS) is 14.2. The molecule has 0 unspecified atom stereocenters. The van der Waals surface area contributed by atoms with E-state index >= 15 is 0 Å². The first-order valence-electron chi connectivity index (χ1n) is 10.1. The van der Waals surface area contributed by atoms with Gasteiger partial charge in [0.15, 0.2) is 0 Å². The fraction of sp³-hybridized carbons (Fsp3) is 0.182. The molecule has 0 fully saturated rings. The maximum atomic E-state index is 14.7. The molecule has 12 heteroatoms. The van der Waals surface area contributed by atoms with Gasteiger partial charge in [-0.2, -0.15) is 10.2 Å². The Kier molecular flexibility index (Phi) is 6.23. The molecule has 0 saturated carbocycles. The lowest BCUT2D eigenvalue weighted by Crippen LogP contribution is -2.40. The first kappa shape index (κ1) is 22.9. The maximum Gasteiger partial charge on any atom is 0.287 e. The van der Waals surface area contributed by atoms with Crippen LogP contribution in [0.15, 0.2) is 61.6 Å². The van der Waals surface area contributed by atoms with Gasteiger partial charge in [0, 0.05) is 29.5 Å². The second-order valence-corrected chi connectivity index (χ2v) is 7.60. The fourth-order valence-electron chi connectivity index (χ4n) is 3.50. The van der Waals surface area contributed by atoms with E-state index in [1.807, 2.05) is 0 Å². The van der Waals surface area contributed by atoms with Gasteiger partial charge in [-0.1, -0.05) is 6.07 Å². The molecule has 0 spiro atoms. The summed E-state index contributed by atoms with van der Waals surface area (Å²) in [6.07, 6.45) is 10.3. The van der Waals surface area contributed by atoms with E-state index in [0.29, 0.717) is 17.3 Å². The molecule has 2 atom stereocenters. The van der Waals surface area contributed by atoms with Crippen LogP contribution in [0.5, 0.6) is 0 Å². The van der Waals surface area contributed by atoms with E-state index < -0.39 is 28.2 Å². The smallest absolute Gasteiger partial charge is 0.287 e. The quantitative estimate of drug-likeness (QED) is 0.311. The molecule has 10 nitrogen and oxygen atoms in total. The second kappa shape index (κ2) is 9.27. The first-order valence-corrected chi connectivity index (χ1v) is 10.1. The van der Waals surface area contributed by atoms with Crippen LogP contribution in [0.25, 0.3) is 12.2 Å². The Morgan fingerprint density at radius 1 is 1.21 bits per heavy atom. The van der Waals surface area contributed by atoms with Crippen LogP contribution < -0.4 is 0 Å². The molecular weight excluding hydrogens is 448 g/mol. The lowest BCUT2D eigenvalue weighted by molar-refractivity contribution is -0.385. The van der Waals surface area contributed by atoms with Crippen LogP contribution in [0, 0.1) is 21.7 Å². The molecule has 0 aliphatic heterocycles. The van der Waals surface area contributed by atoms with E-state index in [1.165, 1.54) is 46.4 Å². The van der Waals surface area contributed by atoms with Gasteiger partial charge in [0.2, 0.25) is 0 Å². The SMILES string of the molecule is C[C@@H](n1cc(/C=C/c2ccc([N+](=O)[O-])cn2)cn1)[C@](O)(Cn1cncn1)c1ccc(F)cc1F. The van der Waals surface area contributed by atoms with Crippen molar-refractivity contribution in [3.8, 4) is 0 Å². The van der Waals surface area contributed by atoms with Crippen molar-refractivity contribution in [1.29, 1.82) is 0 Å². The predicted octanol–water partition coefficient (Wildman–Crippen LogP) is 3.38. The molecule has 4 aromatic rings. The maximum absolute atomic E-state index is 14.7. The van der Waals surface area contributed by atoms with Crippen LogP contribution in [0.4, 0.5) is 14.5 Å². The van der Waals surface area contributed by atoms with Crippen molar-refractivity contribution >= 4 is 17.8 Å². The summed E-state index contributed by atoms with van der Waals surface area (Å²) in [6.45, 7) is 1.49. The standard InChI is InChI=1S/C22H19F2N7O3/c1-15(22(32,12-29-14-25-13-28-29)20-7-3-17(23)8-21(20)24)30-11-16(9-27-30)2-4-18-5-6-19(10-26-18)31(33)34/h2-11,13-15,32H,12H2,1H3/b4-2+/t15-,22-/m1/s1.